The van der Waals surface area contributed by atoms with Gasteiger partial charge in [0, 0.05) is 40.0 Å². The topological polar surface area (TPSA) is 17.8 Å². The predicted octanol–water partition coefficient (Wildman–Crippen LogP) is 13.4. The zero-order chi connectivity index (χ0) is 35.0. The maximum atomic E-state index is 4.63. The van der Waals surface area contributed by atoms with Gasteiger partial charge in [-0.3, -0.25) is 4.98 Å². The van der Waals surface area contributed by atoms with Gasteiger partial charge in [0.15, 0.2) is 0 Å². The Morgan fingerprint density at radius 2 is 1.25 bits per heavy atom. The second-order valence-electron chi connectivity index (χ2n) is 14.6. The fraction of sp³-hybridized carbons (Fsp3) is 0.0784. The summed E-state index contributed by atoms with van der Waals surface area (Å²) < 4.78 is 2.48. The fourth-order valence-corrected chi connectivity index (χ4v) is 9.33. The van der Waals surface area contributed by atoms with Crippen LogP contribution < -0.4 is 0 Å². The first kappa shape index (κ1) is 30.1. The van der Waals surface area contributed by atoms with Crippen LogP contribution in [0.15, 0.2) is 164 Å². The van der Waals surface area contributed by atoms with E-state index in [0.717, 1.165) is 24.1 Å². The van der Waals surface area contributed by atoms with Crippen molar-refractivity contribution in [3.05, 3.63) is 186 Å². The lowest BCUT2D eigenvalue weighted by Gasteiger charge is -2.20. The summed E-state index contributed by atoms with van der Waals surface area (Å²) in [5.74, 6) is 0.326. The Morgan fingerprint density at radius 1 is 0.547 bits per heavy atom. The fourth-order valence-electron chi connectivity index (χ4n) is 9.33. The molecule has 2 nitrogen and oxygen atoms in total. The van der Waals surface area contributed by atoms with Gasteiger partial charge < -0.3 is 4.57 Å². The molecule has 250 valence electrons. The SMILES string of the molecule is CC1c2ccccc2-c2cc3c(-c4ccc5c(c4)c4c(n5-c5ccccc5)CCC=C4)c4ccccc4c(-c4ccc(-c5ccccn5)cc4)c3cc21. The number of aromatic nitrogens is 2. The molecule has 1 unspecified atom stereocenters. The third-order valence-corrected chi connectivity index (χ3v) is 11.8. The maximum absolute atomic E-state index is 4.63. The van der Waals surface area contributed by atoms with Crippen molar-refractivity contribution in [2.45, 2.75) is 25.7 Å². The van der Waals surface area contributed by atoms with Gasteiger partial charge in [0.2, 0.25) is 0 Å². The highest BCUT2D eigenvalue weighted by Gasteiger charge is 2.28. The lowest BCUT2D eigenvalue weighted by Crippen LogP contribution is -2.02. The molecule has 0 radical (unpaired) electrons. The number of rotatable bonds is 4. The van der Waals surface area contributed by atoms with Crippen LogP contribution in [-0.4, -0.2) is 9.55 Å². The van der Waals surface area contributed by atoms with Gasteiger partial charge in [-0.05, 0) is 127 Å². The van der Waals surface area contributed by atoms with Gasteiger partial charge in [0.1, 0.15) is 0 Å². The summed E-state index contributed by atoms with van der Waals surface area (Å²) >= 11 is 0. The molecule has 7 aromatic carbocycles. The Bertz CT molecular complexity index is 2930. The minimum Gasteiger partial charge on any atom is -0.313 e. The molecule has 1 atom stereocenters. The zero-order valence-corrected chi connectivity index (χ0v) is 29.6. The van der Waals surface area contributed by atoms with Crippen molar-refractivity contribution < 1.29 is 0 Å². The molecule has 2 aromatic heterocycles. The zero-order valence-electron chi connectivity index (χ0n) is 29.6. The molecular formula is C51H36N2. The Morgan fingerprint density at radius 3 is 2.06 bits per heavy atom. The molecule has 0 fully saturated rings. The van der Waals surface area contributed by atoms with Gasteiger partial charge in [-0.1, -0.05) is 122 Å². The third-order valence-electron chi connectivity index (χ3n) is 11.8. The normalized spacial score (nSPS) is 14.5. The monoisotopic (exact) mass is 676 g/mol. The maximum Gasteiger partial charge on any atom is 0.0701 e. The highest BCUT2D eigenvalue weighted by molar-refractivity contribution is 6.23. The number of benzene rings is 7. The summed E-state index contributed by atoms with van der Waals surface area (Å²) in [6.07, 6.45) is 8.65. The number of allylic oxidation sites excluding steroid dienone is 1. The van der Waals surface area contributed by atoms with E-state index in [4.69, 9.17) is 0 Å². The second kappa shape index (κ2) is 11.8. The molecule has 0 spiro atoms. The van der Waals surface area contributed by atoms with E-state index in [-0.39, 0.29) is 0 Å². The van der Waals surface area contributed by atoms with Gasteiger partial charge in [0.05, 0.1) is 11.2 Å². The Labute approximate surface area is 309 Å². The second-order valence-corrected chi connectivity index (χ2v) is 14.6. The van der Waals surface area contributed by atoms with Crippen LogP contribution in [-0.2, 0) is 6.42 Å². The Kier molecular flexibility index (Phi) is 6.69. The summed E-state index contributed by atoms with van der Waals surface area (Å²) in [6, 6.07) is 56.2. The molecule has 0 amide bonds. The van der Waals surface area contributed by atoms with Gasteiger partial charge >= 0.3 is 0 Å². The van der Waals surface area contributed by atoms with E-state index in [0.29, 0.717) is 5.92 Å². The van der Waals surface area contributed by atoms with Crippen LogP contribution in [0.4, 0.5) is 0 Å². The van der Waals surface area contributed by atoms with Gasteiger partial charge in [0.25, 0.3) is 0 Å². The molecule has 11 rings (SSSR count). The van der Waals surface area contributed by atoms with Crippen LogP contribution in [0.1, 0.15) is 41.6 Å². The number of pyridine rings is 1. The number of nitrogens with zero attached hydrogens (tertiary/aromatic N) is 2. The van der Waals surface area contributed by atoms with Crippen molar-refractivity contribution in [1.29, 1.82) is 0 Å². The smallest absolute Gasteiger partial charge is 0.0701 e. The quantitative estimate of drug-likeness (QED) is 0.170. The predicted molar refractivity (Wildman–Crippen MR) is 223 cm³/mol. The first-order chi connectivity index (χ1) is 26.2. The highest BCUT2D eigenvalue weighted by Crippen LogP contribution is 2.51. The minimum absolute atomic E-state index is 0.326. The number of hydrogen-bond donors (Lipinski definition) is 0. The number of para-hydroxylation sites is 1. The average Bonchev–Trinajstić information content (AvgIpc) is 3.70. The highest BCUT2D eigenvalue weighted by atomic mass is 15.0. The van der Waals surface area contributed by atoms with Crippen molar-refractivity contribution in [1.82, 2.24) is 9.55 Å². The van der Waals surface area contributed by atoms with E-state index in [1.165, 1.54) is 93.9 Å². The summed E-state index contributed by atoms with van der Waals surface area (Å²) in [4.78, 5) is 4.63. The van der Waals surface area contributed by atoms with Crippen molar-refractivity contribution in [3.63, 3.8) is 0 Å². The molecular weight excluding hydrogens is 641 g/mol. The summed E-state index contributed by atoms with van der Waals surface area (Å²) in [7, 11) is 0. The number of fused-ring (bicyclic) bond motifs is 8. The molecule has 2 heteroatoms. The standard InChI is InChI=1S/C51H36N2/c1-32-37-15-5-6-16-38(37)43-31-46-45(30-42(32)43)50(34-24-22-33(23-25-34)47-20-11-12-28-52-47)40-18-7-8-19-41(40)51(46)35-26-27-49-44(29-35)39-17-9-10-21-48(39)53(49)36-13-3-2-4-14-36/h2-9,11-20,22-32H,10,21H2,1H3. The molecule has 0 bridgehead atoms. The van der Waals surface area contributed by atoms with Gasteiger partial charge in [-0.2, -0.15) is 0 Å². The van der Waals surface area contributed by atoms with Crippen LogP contribution in [0.3, 0.4) is 0 Å². The summed E-state index contributed by atoms with van der Waals surface area (Å²) in [6.45, 7) is 2.36. The minimum atomic E-state index is 0.326. The van der Waals surface area contributed by atoms with Crippen LogP contribution >= 0.6 is 0 Å². The van der Waals surface area contributed by atoms with Crippen molar-refractivity contribution in [2.24, 2.45) is 0 Å². The third kappa shape index (κ3) is 4.55. The van der Waals surface area contributed by atoms with E-state index < -0.39 is 0 Å². The molecule has 0 saturated carbocycles. The molecule has 0 N–H and O–H groups in total. The molecule has 2 aliphatic carbocycles. The van der Waals surface area contributed by atoms with E-state index in [9.17, 15) is 0 Å². The average molecular weight is 677 g/mol. The van der Waals surface area contributed by atoms with Crippen LogP contribution in [0.5, 0.6) is 0 Å². The van der Waals surface area contributed by atoms with E-state index >= 15 is 0 Å². The molecule has 2 heterocycles. The largest absolute Gasteiger partial charge is 0.313 e. The molecule has 0 aliphatic heterocycles. The van der Waals surface area contributed by atoms with Gasteiger partial charge in [-0.15, -0.1) is 0 Å². The van der Waals surface area contributed by atoms with E-state index in [1.807, 2.05) is 12.3 Å². The van der Waals surface area contributed by atoms with E-state index in [1.54, 1.807) is 0 Å². The first-order valence-corrected chi connectivity index (χ1v) is 18.8. The summed E-state index contributed by atoms with van der Waals surface area (Å²) in [5, 5.41) is 6.44. The Balaban J connectivity index is 1.22. The lowest BCUT2D eigenvalue weighted by atomic mass is 9.83. The van der Waals surface area contributed by atoms with Crippen LogP contribution in [0, 0.1) is 0 Å². The van der Waals surface area contributed by atoms with Crippen molar-refractivity contribution in [2.75, 3.05) is 0 Å². The molecule has 9 aromatic rings. The summed E-state index contributed by atoms with van der Waals surface area (Å²) in [5.41, 5.74) is 17.9. The van der Waals surface area contributed by atoms with Crippen molar-refractivity contribution in [3.8, 4) is 50.3 Å². The van der Waals surface area contributed by atoms with Crippen LogP contribution in [0.25, 0.3) is 88.8 Å². The molecule has 53 heavy (non-hydrogen) atoms. The molecule has 0 saturated heterocycles. The molecule has 2 aliphatic rings. The van der Waals surface area contributed by atoms with Crippen LogP contribution in [0.2, 0.25) is 0 Å². The Hall–Kier alpha value is -6.51. The van der Waals surface area contributed by atoms with Gasteiger partial charge in [-0.25, -0.2) is 0 Å². The lowest BCUT2D eigenvalue weighted by molar-refractivity contribution is 0.888. The van der Waals surface area contributed by atoms with E-state index in [2.05, 4.69) is 174 Å². The number of hydrogen-bond acceptors (Lipinski definition) is 1. The first-order valence-electron chi connectivity index (χ1n) is 18.8. The van der Waals surface area contributed by atoms with Crippen molar-refractivity contribution >= 4 is 38.5 Å².